The second-order valence-corrected chi connectivity index (χ2v) is 6.19. The number of nitrogens with zero attached hydrogens (tertiary/aromatic N) is 3. The highest BCUT2D eigenvalue weighted by molar-refractivity contribution is 6.02. The van der Waals surface area contributed by atoms with Gasteiger partial charge in [0.25, 0.3) is 5.91 Å². The van der Waals surface area contributed by atoms with Crippen LogP contribution in [0.4, 0.5) is 5.69 Å². The molecule has 0 saturated heterocycles. The number of amides is 2. The zero-order chi connectivity index (χ0) is 17.9. The fourth-order valence-corrected chi connectivity index (χ4v) is 3.06. The summed E-state index contributed by atoms with van der Waals surface area (Å²) >= 11 is 0. The Morgan fingerprint density at radius 1 is 1.15 bits per heavy atom. The second kappa shape index (κ2) is 6.87. The van der Waals surface area contributed by atoms with Crippen LogP contribution in [0.25, 0.3) is 0 Å². The van der Waals surface area contributed by atoms with Gasteiger partial charge in [-0.1, -0.05) is 24.3 Å². The number of hydrogen-bond acceptors (Lipinski definition) is 4. The van der Waals surface area contributed by atoms with Crippen molar-refractivity contribution in [3.05, 3.63) is 71.9 Å². The van der Waals surface area contributed by atoms with E-state index < -0.39 is 0 Å². The predicted molar refractivity (Wildman–Crippen MR) is 94.5 cm³/mol. The van der Waals surface area contributed by atoms with Crippen LogP contribution in [-0.2, 0) is 24.3 Å². The first-order valence-corrected chi connectivity index (χ1v) is 8.41. The number of anilines is 1. The Morgan fingerprint density at radius 3 is 2.81 bits per heavy atom. The molecule has 1 aliphatic heterocycles. The summed E-state index contributed by atoms with van der Waals surface area (Å²) in [6, 6.07) is 11.4. The van der Waals surface area contributed by atoms with Gasteiger partial charge in [-0.25, -0.2) is 0 Å². The van der Waals surface area contributed by atoms with Crippen LogP contribution in [0.2, 0.25) is 0 Å². The van der Waals surface area contributed by atoms with E-state index in [0.717, 1.165) is 6.42 Å². The molecule has 0 spiro atoms. The number of carbonyl (C=O) groups is 2. The molecule has 132 valence electrons. The molecule has 2 aromatic heterocycles. The maximum atomic E-state index is 12.6. The van der Waals surface area contributed by atoms with Crippen LogP contribution in [-0.4, -0.2) is 33.0 Å². The Morgan fingerprint density at radius 2 is 2.00 bits per heavy atom. The molecular formula is C19H18N4O3. The smallest absolute Gasteiger partial charge is 0.291 e. The molecule has 0 radical (unpaired) electrons. The van der Waals surface area contributed by atoms with Gasteiger partial charge in [0.1, 0.15) is 6.54 Å². The summed E-state index contributed by atoms with van der Waals surface area (Å²) in [5.74, 6) is -0.124. The minimum Gasteiger partial charge on any atom is -0.459 e. The standard InChI is InChI=1S/C19H18N4O3/c24-18(22-8-7-14-4-1-2-5-15(14)11-22)13-23-12-16(10-20-23)21-19(25)17-6-3-9-26-17/h1-6,9-10,12H,7-8,11,13H2,(H,21,25). The van der Waals surface area contributed by atoms with Crippen molar-refractivity contribution in [2.24, 2.45) is 0 Å². The third-order valence-corrected chi connectivity index (χ3v) is 4.42. The minimum atomic E-state index is -0.353. The maximum absolute atomic E-state index is 12.6. The Kier molecular flexibility index (Phi) is 4.27. The van der Waals surface area contributed by atoms with Gasteiger partial charge < -0.3 is 14.6 Å². The molecule has 3 heterocycles. The lowest BCUT2D eigenvalue weighted by Gasteiger charge is -2.28. The molecule has 1 aromatic carbocycles. The van der Waals surface area contributed by atoms with E-state index in [0.29, 0.717) is 18.8 Å². The van der Waals surface area contributed by atoms with E-state index in [-0.39, 0.29) is 24.1 Å². The normalized spacial score (nSPS) is 13.3. The number of nitrogens with one attached hydrogen (secondary N) is 1. The molecule has 0 aliphatic carbocycles. The largest absolute Gasteiger partial charge is 0.459 e. The van der Waals surface area contributed by atoms with Crippen molar-refractivity contribution in [3.8, 4) is 0 Å². The van der Waals surface area contributed by atoms with Crippen molar-refractivity contribution in [1.29, 1.82) is 0 Å². The molecule has 1 aliphatic rings. The first-order valence-electron chi connectivity index (χ1n) is 8.41. The molecule has 0 bridgehead atoms. The monoisotopic (exact) mass is 350 g/mol. The second-order valence-electron chi connectivity index (χ2n) is 6.19. The number of benzene rings is 1. The summed E-state index contributed by atoms with van der Waals surface area (Å²) in [4.78, 5) is 26.4. The fraction of sp³-hybridized carbons (Fsp3) is 0.211. The lowest BCUT2D eigenvalue weighted by atomic mass is 10.00. The van der Waals surface area contributed by atoms with E-state index in [4.69, 9.17) is 4.42 Å². The number of fused-ring (bicyclic) bond motifs is 1. The van der Waals surface area contributed by atoms with Gasteiger partial charge in [0.2, 0.25) is 5.91 Å². The van der Waals surface area contributed by atoms with Gasteiger partial charge in [-0.15, -0.1) is 0 Å². The average molecular weight is 350 g/mol. The number of aromatic nitrogens is 2. The third-order valence-electron chi connectivity index (χ3n) is 4.42. The molecule has 2 amide bonds. The Balaban J connectivity index is 1.37. The zero-order valence-electron chi connectivity index (χ0n) is 14.1. The first kappa shape index (κ1) is 16.1. The fourth-order valence-electron chi connectivity index (χ4n) is 3.06. The Bertz CT molecular complexity index is 930. The number of rotatable bonds is 4. The summed E-state index contributed by atoms with van der Waals surface area (Å²) in [6.07, 6.45) is 5.45. The van der Waals surface area contributed by atoms with Crippen molar-refractivity contribution in [3.63, 3.8) is 0 Å². The Labute approximate surface area is 150 Å². The van der Waals surface area contributed by atoms with Gasteiger partial charge in [-0.05, 0) is 29.7 Å². The van der Waals surface area contributed by atoms with Crippen molar-refractivity contribution < 1.29 is 14.0 Å². The van der Waals surface area contributed by atoms with Gasteiger partial charge >= 0.3 is 0 Å². The van der Waals surface area contributed by atoms with E-state index >= 15 is 0 Å². The SMILES string of the molecule is O=C(Nc1cnn(CC(=O)N2CCc3ccccc3C2)c1)c1ccco1. The molecule has 0 saturated carbocycles. The van der Waals surface area contributed by atoms with Gasteiger partial charge in [0.05, 0.1) is 18.1 Å². The minimum absolute atomic E-state index is 0.00603. The van der Waals surface area contributed by atoms with Crippen LogP contribution >= 0.6 is 0 Å². The van der Waals surface area contributed by atoms with Crippen molar-refractivity contribution in [2.45, 2.75) is 19.5 Å². The average Bonchev–Trinajstić information content (AvgIpc) is 3.33. The summed E-state index contributed by atoms with van der Waals surface area (Å²) < 4.78 is 6.58. The molecule has 0 atom stereocenters. The van der Waals surface area contributed by atoms with Gasteiger partial charge in [-0.2, -0.15) is 5.10 Å². The van der Waals surface area contributed by atoms with Crippen LogP contribution in [0.3, 0.4) is 0 Å². The number of carbonyl (C=O) groups excluding carboxylic acids is 2. The zero-order valence-corrected chi connectivity index (χ0v) is 14.1. The van der Waals surface area contributed by atoms with Gasteiger partial charge in [0.15, 0.2) is 5.76 Å². The predicted octanol–water partition coefficient (Wildman–Crippen LogP) is 2.31. The summed E-state index contributed by atoms with van der Waals surface area (Å²) in [5, 5.41) is 6.84. The lowest BCUT2D eigenvalue weighted by Crippen LogP contribution is -2.38. The quantitative estimate of drug-likeness (QED) is 0.783. The first-order chi connectivity index (χ1) is 12.7. The van der Waals surface area contributed by atoms with Crippen LogP contribution in [0.5, 0.6) is 0 Å². The highest BCUT2D eigenvalue weighted by Crippen LogP contribution is 2.19. The van der Waals surface area contributed by atoms with Crippen LogP contribution in [0.1, 0.15) is 21.7 Å². The molecule has 26 heavy (non-hydrogen) atoms. The number of hydrogen-bond donors (Lipinski definition) is 1. The van der Waals surface area contributed by atoms with E-state index in [9.17, 15) is 9.59 Å². The molecule has 4 rings (SSSR count). The molecule has 1 N–H and O–H groups in total. The molecular weight excluding hydrogens is 332 g/mol. The third kappa shape index (κ3) is 3.37. The molecule has 0 unspecified atom stereocenters. The summed E-state index contributed by atoms with van der Waals surface area (Å²) in [6.45, 7) is 1.47. The molecule has 3 aromatic rings. The van der Waals surface area contributed by atoms with E-state index in [1.807, 2.05) is 17.0 Å². The lowest BCUT2D eigenvalue weighted by molar-refractivity contribution is -0.132. The van der Waals surface area contributed by atoms with Gasteiger partial charge in [-0.3, -0.25) is 14.3 Å². The highest BCUT2D eigenvalue weighted by Gasteiger charge is 2.21. The summed E-state index contributed by atoms with van der Waals surface area (Å²) in [7, 11) is 0. The topological polar surface area (TPSA) is 80.4 Å². The maximum Gasteiger partial charge on any atom is 0.291 e. The summed E-state index contributed by atoms with van der Waals surface area (Å²) in [5.41, 5.74) is 3.01. The molecule has 7 nitrogen and oxygen atoms in total. The van der Waals surface area contributed by atoms with Crippen LogP contribution < -0.4 is 5.32 Å². The van der Waals surface area contributed by atoms with E-state index in [1.54, 1.807) is 18.3 Å². The number of furan rings is 1. The van der Waals surface area contributed by atoms with Crippen LogP contribution in [0, 0.1) is 0 Å². The van der Waals surface area contributed by atoms with Crippen molar-refractivity contribution in [2.75, 3.05) is 11.9 Å². The molecule has 0 fully saturated rings. The highest BCUT2D eigenvalue weighted by atomic mass is 16.3. The Hall–Kier alpha value is -3.35. The van der Waals surface area contributed by atoms with Crippen molar-refractivity contribution in [1.82, 2.24) is 14.7 Å². The van der Waals surface area contributed by atoms with Crippen molar-refractivity contribution >= 4 is 17.5 Å². The van der Waals surface area contributed by atoms with Gasteiger partial charge in [0, 0.05) is 19.3 Å². The molecule has 7 heteroatoms. The van der Waals surface area contributed by atoms with Crippen LogP contribution in [0.15, 0.2) is 59.5 Å². The van der Waals surface area contributed by atoms with E-state index in [2.05, 4.69) is 22.5 Å². The van der Waals surface area contributed by atoms with E-state index in [1.165, 1.54) is 28.3 Å².